The quantitative estimate of drug-likeness (QED) is 0.210. The standard InChI is InChI=1S/C33H56O2/c1-25(2)12-9-13-27(5)14-10-15-28(6)16-11-17-29(7)22-23-33(8,32(34)35)31-20-18-30(19-21-31)24-26(3)4/h18-22,25-28H,9-17,23-24H2,1-8H3,(H,34,35)/b29-22+/t27-,28-,33?/m1/s1. The predicted octanol–water partition coefficient (Wildman–Crippen LogP) is 10.0. The van der Waals surface area contributed by atoms with Crippen molar-refractivity contribution in [2.75, 3.05) is 0 Å². The minimum Gasteiger partial charge on any atom is -0.481 e. The molecule has 0 heterocycles. The second-order valence-electron chi connectivity index (χ2n) is 12.5. The smallest absolute Gasteiger partial charge is 0.314 e. The molecule has 2 nitrogen and oxygen atoms in total. The van der Waals surface area contributed by atoms with E-state index in [1.165, 1.54) is 62.5 Å². The Morgan fingerprint density at radius 3 is 1.83 bits per heavy atom. The molecular weight excluding hydrogens is 428 g/mol. The van der Waals surface area contributed by atoms with Gasteiger partial charge in [-0.1, -0.05) is 122 Å². The fourth-order valence-electron chi connectivity index (χ4n) is 5.00. The van der Waals surface area contributed by atoms with Gasteiger partial charge in [0.1, 0.15) is 0 Å². The van der Waals surface area contributed by atoms with Gasteiger partial charge in [-0.15, -0.1) is 0 Å². The summed E-state index contributed by atoms with van der Waals surface area (Å²) in [5.74, 6) is 2.33. The molecule has 1 unspecified atom stereocenters. The average Bonchev–Trinajstić information content (AvgIpc) is 2.77. The molecule has 0 saturated heterocycles. The predicted molar refractivity (Wildman–Crippen MR) is 153 cm³/mol. The normalized spacial score (nSPS) is 15.9. The van der Waals surface area contributed by atoms with Gasteiger partial charge in [-0.3, -0.25) is 4.79 Å². The molecule has 0 aliphatic carbocycles. The van der Waals surface area contributed by atoms with Crippen LogP contribution in [-0.2, 0) is 16.6 Å². The van der Waals surface area contributed by atoms with E-state index in [2.05, 4.69) is 66.7 Å². The van der Waals surface area contributed by atoms with E-state index in [4.69, 9.17) is 0 Å². The summed E-state index contributed by atoms with van der Waals surface area (Å²) in [4.78, 5) is 12.2. The Morgan fingerprint density at radius 1 is 0.829 bits per heavy atom. The van der Waals surface area contributed by atoms with Gasteiger partial charge < -0.3 is 5.11 Å². The molecule has 0 saturated carbocycles. The first-order valence-electron chi connectivity index (χ1n) is 14.4. The summed E-state index contributed by atoms with van der Waals surface area (Å²) in [7, 11) is 0. The fourth-order valence-corrected chi connectivity index (χ4v) is 5.00. The topological polar surface area (TPSA) is 37.3 Å². The molecule has 0 aromatic heterocycles. The van der Waals surface area contributed by atoms with Crippen LogP contribution in [0.2, 0.25) is 0 Å². The summed E-state index contributed by atoms with van der Waals surface area (Å²) in [6.07, 6.45) is 15.4. The van der Waals surface area contributed by atoms with Crippen LogP contribution in [0.3, 0.4) is 0 Å². The number of aliphatic carboxylic acids is 1. The third kappa shape index (κ3) is 12.8. The monoisotopic (exact) mass is 484 g/mol. The Morgan fingerprint density at radius 2 is 1.34 bits per heavy atom. The van der Waals surface area contributed by atoms with E-state index in [9.17, 15) is 9.90 Å². The highest BCUT2D eigenvalue weighted by atomic mass is 16.4. The van der Waals surface area contributed by atoms with Crippen LogP contribution in [0.25, 0.3) is 0 Å². The van der Waals surface area contributed by atoms with Crippen molar-refractivity contribution in [1.29, 1.82) is 0 Å². The zero-order valence-corrected chi connectivity index (χ0v) is 24.3. The van der Waals surface area contributed by atoms with Gasteiger partial charge >= 0.3 is 5.97 Å². The number of carboxylic acid groups (broad SMARTS) is 1. The number of carbonyl (C=O) groups is 1. The van der Waals surface area contributed by atoms with E-state index in [-0.39, 0.29) is 0 Å². The molecule has 1 aromatic rings. The van der Waals surface area contributed by atoms with E-state index in [0.717, 1.165) is 36.2 Å². The van der Waals surface area contributed by atoms with Crippen molar-refractivity contribution < 1.29 is 9.90 Å². The van der Waals surface area contributed by atoms with Crippen LogP contribution in [0.1, 0.15) is 131 Å². The lowest BCUT2D eigenvalue weighted by molar-refractivity contribution is -0.143. The van der Waals surface area contributed by atoms with Crippen LogP contribution < -0.4 is 0 Å². The number of benzene rings is 1. The molecule has 0 fully saturated rings. The minimum absolute atomic E-state index is 0.544. The third-order valence-electron chi connectivity index (χ3n) is 7.71. The second kappa shape index (κ2) is 16.2. The van der Waals surface area contributed by atoms with Gasteiger partial charge in [-0.25, -0.2) is 0 Å². The van der Waals surface area contributed by atoms with Crippen LogP contribution in [-0.4, -0.2) is 11.1 Å². The summed E-state index contributed by atoms with van der Waals surface area (Å²) in [5, 5.41) is 10.0. The molecular formula is C33H56O2. The molecule has 0 radical (unpaired) electrons. The highest BCUT2D eigenvalue weighted by molar-refractivity contribution is 5.81. The maximum absolute atomic E-state index is 12.2. The molecule has 0 spiro atoms. The highest BCUT2D eigenvalue weighted by Crippen LogP contribution is 2.30. The van der Waals surface area contributed by atoms with Crippen LogP contribution in [0.4, 0.5) is 0 Å². The van der Waals surface area contributed by atoms with Gasteiger partial charge in [0.2, 0.25) is 0 Å². The van der Waals surface area contributed by atoms with Gasteiger partial charge in [0.05, 0.1) is 5.41 Å². The molecule has 3 atom stereocenters. The number of hydrogen-bond acceptors (Lipinski definition) is 1. The van der Waals surface area contributed by atoms with Gasteiger partial charge in [-0.2, -0.15) is 0 Å². The van der Waals surface area contributed by atoms with Crippen molar-refractivity contribution in [2.45, 2.75) is 131 Å². The SMILES string of the molecule is C/C(=C\CC(C)(C(=O)O)c1ccc(CC(C)C)cc1)CCC[C@H](C)CCC[C@H](C)CCCC(C)C. The van der Waals surface area contributed by atoms with E-state index in [0.29, 0.717) is 12.3 Å². The average molecular weight is 485 g/mol. The Kier molecular flexibility index (Phi) is 14.6. The molecule has 0 aliphatic heterocycles. The Balaban J connectivity index is 2.44. The molecule has 1 aromatic carbocycles. The number of allylic oxidation sites excluding steroid dienone is 2. The lowest BCUT2D eigenvalue weighted by Gasteiger charge is -2.25. The van der Waals surface area contributed by atoms with Crippen LogP contribution in [0.15, 0.2) is 35.9 Å². The first-order chi connectivity index (χ1) is 16.4. The Labute approximate surface area is 218 Å². The van der Waals surface area contributed by atoms with Crippen molar-refractivity contribution >= 4 is 5.97 Å². The molecule has 2 heteroatoms. The summed E-state index contributed by atoms with van der Waals surface area (Å²) < 4.78 is 0. The largest absolute Gasteiger partial charge is 0.481 e. The Bertz CT molecular complexity index is 743. The first-order valence-corrected chi connectivity index (χ1v) is 14.4. The molecule has 0 bridgehead atoms. The summed E-state index contributed by atoms with van der Waals surface area (Å²) >= 11 is 0. The van der Waals surface area contributed by atoms with E-state index < -0.39 is 11.4 Å². The van der Waals surface area contributed by atoms with Crippen molar-refractivity contribution in [3.8, 4) is 0 Å². The molecule has 0 aliphatic rings. The van der Waals surface area contributed by atoms with Crippen LogP contribution in [0, 0.1) is 23.7 Å². The van der Waals surface area contributed by atoms with E-state index in [1.54, 1.807) is 0 Å². The fraction of sp³-hybridized carbons (Fsp3) is 0.727. The number of carboxylic acids is 1. The molecule has 1 N–H and O–H groups in total. The molecule has 1 rings (SSSR count). The zero-order chi connectivity index (χ0) is 26.4. The molecule has 200 valence electrons. The van der Waals surface area contributed by atoms with Crippen LogP contribution in [0.5, 0.6) is 0 Å². The van der Waals surface area contributed by atoms with Gasteiger partial charge in [0.15, 0.2) is 0 Å². The summed E-state index contributed by atoms with van der Waals surface area (Å²) in [6, 6.07) is 8.23. The van der Waals surface area contributed by atoms with Crippen molar-refractivity contribution in [1.82, 2.24) is 0 Å². The maximum Gasteiger partial charge on any atom is 0.314 e. The summed E-state index contributed by atoms with van der Waals surface area (Å²) in [5.41, 5.74) is 2.61. The lowest BCUT2D eigenvalue weighted by Crippen LogP contribution is -2.32. The van der Waals surface area contributed by atoms with E-state index in [1.807, 2.05) is 19.1 Å². The lowest BCUT2D eigenvalue weighted by atomic mass is 9.78. The maximum atomic E-state index is 12.2. The Hall–Kier alpha value is -1.57. The highest BCUT2D eigenvalue weighted by Gasteiger charge is 2.34. The van der Waals surface area contributed by atoms with Gasteiger partial charge in [0, 0.05) is 0 Å². The number of hydrogen-bond donors (Lipinski definition) is 1. The van der Waals surface area contributed by atoms with Gasteiger partial charge in [0.25, 0.3) is 0 Å². The van der Waals surface area contributed by atoms with Crippen molar-refractivity contribution in [2.24, 2.45) is 23.7 Å². The molecule has 35 heavy (non-hydrogen) atoms. The van der Waals surface area contributed by atoms with E-state index >= 15 is 0 Å². The van der Waals surface area contributed by atoms with Crippen LogP contribution >= 0.6 is 0 Å². The van der Waals surface area contributed by atoms with Gasteiger partial charge in [-0.05, 0) is 74.3 Å². The first kappa shape index (κ1) is 31.5. The third-order valence-corrected chi connectivity index (χ3v) is 7.71. The summed E-state index contributed by atoms with van der Waals surface area (Å²) in [6.45, 7) is 17.9. The zero-order valence-electron chi connectivity index (χ0n) is 24.3. The second-order valence-corrected chi connectivity index (χ2v) is 12.5. The minimum atomic E-state index is -0.878. The molecule has 0 amide bonds. The van der Waals surface area contributed by atoms with Crippen molar-refractivity contribution in [3.63, 3.8) is 0 Å². The van der Waals surface area contributed by atoms with Crippen molar-refractivity contribution in [3.05, 3.63) is 47.0 Å². The number of rotatable bonds is 18.